The van der Waals surface area contributed by atoms with Gasteiger partial charge < -0.3 is 5.02 Å². The van der Waals surface area contributed by atoms with E-state index >= 15 is 0 Å². The molecule has 0 aliphatic carbocycles. The molecule has 0 aliphatic rings. The van der Waals surface area contributed by atoms with Crippen LogP contribution in [0, 0.1) is 4.91 Å². The van der Waals surface area contributed by atoms with Crippen LogP contribution in [0.2, 0.25) is 6.82 Å². The Hall–Kier alpha value is -1.16. The first-order chi connectivity index (χ1) is 6.15. The van der Waals surface area contributed by atoms with E-state index in [9.17, 15) is 9.93 Å². The van der Waals surface area contributed by atoms with Crippen molar-refractivity contribution in [3.63, 3.8) is 0 Å². The number of rotatable bonds is 3. The van der Waals surface area contributed by atoms with Crippen molar-refractivity contribution >= 4 is 18.1 Å². The molecule has 0 atom stereocenters. The SMILES string of the molecule is CC[N+](=O)c1ccc(B(C)O)cc1. The molecule has 0 fully saturated rings. The first kappa shape index (κ1) is 9.93. The molecule has 13 heavy (non-hydrogen) atoms. The van der Waals surface area contributed by atoms with E-state index in [1.165, 1.54) is 0 Å². The molecule has 0 unspecified atom stereocenters. The van der Waals surface area contributed by atoms with Crippen LogP contribution in [-0.2, 0) is 0 Å². The lowest BCUT2D eigenvalue weighted by Crippen LogP contribution is -2.25. The van der Waals surface area contributed by atoms with Crippen LogP contribution in [0.25, 0.3) is 0 Å². The van der Waals surface area contributed by atoms with Crippen LogP contribution in [-0.4, -0.2) is 23.2 Å². The number of hydrogen-bond donors (Lipinski definition) is 1. The minimum absolute atomic E-state index is 0.439. The zero-order valence-corrected chi connectivity index (χ0v) is 7.90. The lowest BCUT2D eigenvalue weighted by molar-refractivity contribution is -0.458. The summed E-state index contributed by atoms with van der Waals surface area (Å²) in [4.78, 5) is 11.1. The molecule has 4 heteroatoms. The van der Waals surface area contributed by atoms with Gasteiger partial charge in [-0.15, -0.1) is 0 Å². The molecule has 0 aromatic heterocycles. The summed E-state index contributed by atoms with van der Waals surface area (Å²) < 4.78 is 0.909. The maximum atomic E-state index is 11.1. The van der Waals surface area contributed by atoms with Crippen molar-refractivity contribution in [2.24, 2.45) is 0 Å². The Labute approximate surface area is 78.1 Å². The van der Waals surface area contributed by atoms with Gasteiger partial charge in [-0.25, -0.2) is 0 Å². The van der Waals surface area contributed by atoms with E-state index in [4.69, 9.17) is 0 Å². The third-order valence-electron chi connectivity index (χ3n) is 1.95. The van der Waals surface area contributed by atoms with Crippen molar-refractivity contribution in [3.8, 4) is 0 Å². The molecule has 0 saturated carbocycles. The van der Waals surface area contributed by atoms with Crippen molar-refractivity contribution < 1.29 is 9.78 Å². The number of nitroso groups, excluding NO2 is 1. The summed E-state index contributed by atoms with van der Waals surface area (Å²) in [5.41, 5.74) is 1.46. The van der Waals surface area contributed by atoms with E-state index in [1.807, 2.05) is 0 Å². The predicted octanol–water partition coefficient (Wildman–Crippen LogP) is 0.938. The molecule has 68 valence electrons. The molecule has 0 amide bonds. The minimum Gasteiger partial charge on any atom is -0.447 e. The van der Waals surface area contributed by atoms with Crippen molar-refractivity contribution in [1.29, 1.82) is 0 Å². The van der Waals surface area contributed by atoms with Crippen molar-refractivity contribution in [3.05, 3.63) is 29.2 Å². The fraction of sp³-hybridized carbons (Fsp3) is 0.333. The van der Waals surface area contributed by atoms with Gasteiger partial charge in [0.1, 0.15) is 0 Å². The van der Waals surface area contributed by atoms with E-state index in [1.54, 1.807) is 38.0 Å². The first-order valence-corrected chi connectivity index (χ1v) is 4.38. The zero-order valence-electron chi connectivity index (χ0n) is 7.90. The van der Waals surface area contributed by atoms with Gasteiger partial charge in [0.15, 0.2) is 6.54 Å². The summed E-state index contributed by atoms with van der Waals surface area (Å²) in [5.74, 6) is 0. The maximum absolute atomic E-state index is 11.1. The third-order valence-corrected chi connectivity index (χ3v) is 1.95. The topological polar surface area (TPSA) is 40.3 Å². The Morgan fingerprint density at radius 3 is 2.31 bits per heavy atom. The van der Waals surface area contributed by atoms with Gasteiger partial charge in [0.2, 0.25) is 0 Å². The highest BCUT2D eigenvalue weighted by Gasteiger charge is 2.11. The smallest absolute Gasteiger partial charge is 0.320 e. The quantitative estimate of drug-likeness (QED) is 0.552. The van der Waals surface area contributed by atoms with Gasteiger partial charge in [-0.2, -0.15) is 0 Å². The number of nitrogens with zero attached hydrogens (tertiary/aromatic N) is 1. The molecular weight excluding hydrogens is 165 g/mol. The predicted molar refractivity (Wildman–Crippen MR) is 53.7 cm³/mol. The lowest BCUT2D eigenvalue weighted by atomic mass is 9.64. The van der Waals surface area contributed by atoms with Crippen LogP contribution < -0.4 is 5.46 Å². The van der Waals surface area contributed by atoms with Crippen LogP contribution in [0.3, 0.4) is 0 Å². The van der Waals surface area contributed by atoms with Crippen molar-refractivity contribution in [1.82, 2.24) is 0 Å². The van der Waals surface area contributed by atoms with E-state index in [-0.39, 0.29) is 0 Å². The Morgan fingerprint density at radius 1 is 1.38 bits per heavy atom. The first-order valence-electron chi connectivity index (χ1n) is 4.38. The summed E-state index contributed by atoms with van der Waals surface area (Å²) in [5, 5.41) is 9.22. The van der Waals surface area contributed by atoms with Gasteiger partial charge >= 0.3 is 6.92 Å². The average molecular weight is 178 g/mol. The highest BCUT2D eigenvalue weighted by molar-refractivity contribution is 6.64. The van der Waals surface area contributed by atoms with Gasteiger partial charge in [0.05, 0.1) is 0 Å². The zero-order chi connectivity index (χ0) is 9.84. The summed E-state index contributed by atoms with van der Waals surface area (Å²) >= 11 is 0. The summed E-state index contributed by atoms with van der Waals surface area (Å²) in [6, 6.07) is 6.97. The summed E-state index contributed by atoms with van der Waals surface area (Å²) in [6.07, 6.45) is 0. The van der Waals surface area contributed by atoms with Crippen LogP contribution in [0.15, 0.2) is 24.3 Å². The lowest BCUT2D eigenvalue weighted by Gasteiger charge is -1.98. The van der Waals surface area contributed by atoms with Crippen LogP contribution in [0.5, 0.6) is 0 Å². The molecule has 1 aromatic carbocycles. The third kappa shape index (κ3) is 2.39. The molecular formula is C9H13BNO2+. The molecule has 3 nitrogen and oxygen atoms in total. The van der Waals surface area contributed by atoms with Crippen molar-refractivity contribution in [2.75, 3.05) is 6.54 Å². The van der Waals surface area contributed by atoms with E-state index in [0.717, 1.165) is 10.2 Å². The molecule has 0 radical (unpaired) electrons. The molecule has 0 heterocycles. The van der Waals surface area contributed by atoms with Gasteiger partial charge in [0, 0.05) is 21.8 Å². The summed E-state index contributed by atoms with van der Waals surface area (Å²) in [6.45, 7) is 3.46. The average Bonchev–Trinajstić information content (AvgIpc) is 2.17. The Kier molecular flexibility index (Phi) is 3.20. The minimum atomic E-state index is -0.476. The number of benzene rings is 1. The molecule has 1 N–H and O–H groups in total. The highest BCUT2D eigenvalue weighted by atomic mass is 16.3. The maximum Gasteiger partial charge on any atom is 0.320 e. The molecule has 0 bridgehead atoms. The second kappa shape index (κ2) is 4.19. The second-order valence-electron chi connectivity index (χ2n) is 2.96. The highest BCUT2D eigenvalue weighted by Crippen LogP contribution is 2.07. The fourth-order valence-electron chi connectivity index (χ4n) is 1.10. The van der Waals surface area contributed by atoms with E-state index < -0.39 is 6.92 Å². The van der Waals surface area contributed by atoms with Crippen molar-refractivity contribution in [2.45, 2.75) is 13.7 Å². The normalized spacial score (nSPS) is 9.77. The largest absolute Gasteiger partial charge is 0.447 e. The molecule has 0 saturated heterocycles. The second-order valence-corrected chi connectivity index (χ2v) is 2.96. The Bertz CT molecular complexity index is 295. The monoisotopic (exact) mass is 178 g/mol. The molecule has 0 aliphatic heterocycles. The van der Waals surface area contributed by atoms with Crippen LogP contribution >= 0.6 is 0 Å². The fourth-order valence-corrected chi connectivity index (χ4v) is 1.10. The Balaban J connectivity index is 2.87. The van der Waals surface area contributed by atoms with Gasteiger partial charge in [-0.05, 0) is 12.4 Å². The van der Waals surface area contributed by atoms with Crippen LogP contribution in [0.4, 0.5) is 5.69 Å². The Morgan fingerprint density at radius 2 is 1.92 bits per heavy atom. The van der Waals surface area contributed by atoms with Crippen LogP contribution in [0.1, 0.15) is 6.92 Å². The van der Waals surface area contributed by atoms with E-state index in [2.05, 4.69) is 0 Å². The summed E-state index contributed by atoms with van der Waals surface area (Å²) in [7, 11) is 0. The number of hydrogen-bond acceptors (Lipinski definition) is 2. The van der Waals surface area contributed by atoms with Gasteiger partial charge in [0.25, 0.3) is 5.69 Å². The molecule has 1 rings (SSSR count). The van der Waals surface area contributed by atoms with Gasteiger partial charge in [-0.1, -0.05) is 19.0 Å². The molecule has 0 spiro atoms. The van der Waals surface area contributed by atoms with E-state index in [0.29, 0.717) is 12.2 Å². The molecule has 1 aromatic rings. The van der Waals surface area contributed by atoms with Gasteiger partial charge in [-0.3, -0.25) is 0 Å². The standard InChI is InChI=1S/C9H13BNO2/c1-3-11(13)9-6-4-8(5-7-9)10(2)12/h4-7,12H,3H2,1-2H3/q+1.